The lowest BCUT2D eigenvalue weighted by Crippen LogP contribution is -2.05. The molecule has 130 valence electrons. The average Bonchev–Trinajstić information content (AvgIpc) is 2.92. The van der Waals surface area contributed by atoms with Gasteiger partial charge in [-0.25, -0.2) is 14.5 Å². The van der Waals surface area contributed by atoms with Crippen LogP contribution in [0.1, 0.15) is 29.4 Å². The molecule has 0 N–H and O–H groups in total. The Morgan fingerprint density at radius 2 is 2.00 bits per heavy atom. The van der Waals surface area contributed by atoms with E-state index >= 15 is 0 Å². The molecule has 0 aliphatic carbocycles. The lowest BCUT2D eigenvalue weighted by Gasteiger charge is -2.08. The summed E-state index contributed by atoms with van der Waals surface area (Å²) >= 11 is 12.1. The van der Waals surface area contributed by atoms with Gasteiger partial charge in [0.1, 0.15) is 0 Å². The summed E-state index contributed by atoms with van der Waals surface area (Å²) in [5, 5.41) is 6.13. The molecule has 0 bridgehead atoms. The number of pyridine rings is 1. The van der Waals surface area contributed by atoms with E-state index < -0.39 is 5.97 Å². The van der Waals surface area contributed by atoms with Gasteiger partial charge in [0.15, 0.2) is 5.65 Å². The van der Waals surface area contributed by atoms with Crippen molar-refractivity contribution in [2.75, 3.05) is 7.11 Å². The first-order valence-electron chi connectivity index (χ1n) is 7.88. The Morgan fingerprint density at radius 3 is 2.64 bits per heavy atom. The maximum atomic E-state index is 12.3. The van der Waals surface area contributed by atoms with Crippen LogP contribution in [0.4, 0.5) is 0 Å². The summed E-state index contributed by atoms with van der Waals surface area (Å²) in [6.45, 7) is 4.64. The molecular weight excluding hydrogens is 361 g/mol. The van der Waals surface area contributed by atoms with E-state index in [-0.39, 0.29) is 0 Å². The summed E-state index contributed by atoms with van der Waals surface area (Å²) in [4.78, 5) is 17.0. The van der Waals surface area contributed by atoms with Crippen molar-refractivity contribution in [2.24, 2.45) is 0 Å². The first-order valence-corrected chi connectivity index (χ1v) is 8.63. The van der Waals surface area contributed by atoms with Gasteiger partial charge in [-0.15, -0.1) is 0 Å². The number of ether oxygens (including phenoxy) is 1. The second-order valence-corrected chi connectivity index (χ2v) is 6.50. The van der Waals surface area contributed by atoms with Gasteiger partial charge in [0.25, 0.3) is 0 Å². The Bertz CT molecular complexity index is 967. The molecule has 0 saturated heterocycles. The van der Waals surface area contributed by atoms with Crippen molar-refractivity contribution in [2.45, 2.75) is 26.8 Å². The molecule has 25 heavy (non-hydrogen) atoms. The normalized spacial score (nSPS) is 11.1. The summed E-state index contributed by atoms with van der Waals surface area (Å²) in [5.41, 5.74) is 3.22. The largest absolute Gasteiger partial charge is 0.465 e. The minimum Gasteiger partial charge on any atom is -0.465 e. The number of rotatable bonds is 4. The number of carbonyl (C=O) groups is 1. The predicted molar refractivity (Wildman–Crippen MR) is 99.4 cm³/mol. The molecule has 0 radical (unpaired) electrons. The summed E-state index contributed by atoms with van der Waals surface area (Å²) in [6, 6.07) is 6.96. The SMILES string of the molecule is CCCn1nc(C)c2c(C(=O)OC)cc(-c3ccc(Cl)c(Cl)c3)nc21. The Balaban J connectivity index is 2.31. The first kappa shape index (κ1) is 17.7. The van der Waals surface area contributed by atoms with E-state index in [1.807, 2.05) is 17.7 Å². The van der Waals surface area contributed by atoms with Crippen LogP contribution < -0.4 is 0 Å². The van der Waals surface area contributed by atoms with Gasteiger partial charge in [0.2, 0.25) is 0 Å². The molecule has 0 aliphatic rings. The van der Waals surface area contributed by atoms with Crippen LogP contribution in [0.25, 0.3) is 22.3 Å². The average molecular weight is 378 g/mol. The highest BCUT2D eigenvalue weighted by molar-refractivity contribution is 6.42. The fourth-order valence-electron chi connectivity index (χ4n) is 2.80. The van der Waals surface area contributed by atoms with E-state index in [0.29, 0.717) is 38.9 Å². The van der Waals surface area contributed by atoms with Gasteiger partial charge in [0, 0.05) is 12.1 Å². The van der Waals surface area contributed by atoms with Crippen molar-refractivity contribution in [3.63, 3.8) is 0 Å². The highest BCUT2D eigenvalue weighted by atomic mass is 35.5. The molecule has 0 saturated carbocycles. The maximum absolute atomic E-state index is 12.3. The fraction of sp³-hybridized carbons (Fsp3) is 0.278. The number of carbonyl (C=O) groups excluding carboxylic acids is 1. The van der Waals surface area contributed by atoms with Gasteiger partial charge in [0.05, 0.1) is 39.5 Å². The van der Waals surface area contributed by atoms with Crippen LogP contribution in [-0.2, 0) is 11.3 Å². The third-order valence-electron chi connectivity index (χ3n) is 3.93. The molecule has 0 aliphatic heterocycles. The topological polar surface area (TPSA) is 57.0 Å². The highest BCUT2D eigenvalue weighted by Crippen LogP contribution is 2.31. The number of benzene rings is 1. The molecule has 7 heteroatoms. The summed E-state index contributed by atoms with van der Waals surface area (Å²) in [5.74, 6) is -0.423. The lowest BCUT2D eigenvalue weighted by molar-refractivity contribution is 0.0603. The van der Waals surface area contributed by atoms with Crippen LogP contribution in [0.2, 0.25) is 10.0 Å². The lowest BCUT2D eigenvalue weighted by atomic mass is 10.1. The van der Waals surface area contributed by atoms with Crippen molar-refractivity contribution in [1.82, 2.24) is 14.8 Å². The second-order valence-electron chi connectivity index (χ2n) is 5.68. The molecule has 0 atom stereocenters. The Morgan fingerprint density at radius 1 is 1.24 bits per heavy atom. The monoisotopic (exact) mass is 377 g/mol. The van der Waals surface area contributed by atoms with Crippen molar-refractivity contribution in [3.05, 3.63) is 45.6 Å². The Hall–Kier alpha value is -2.11. The van der Waals surface area contributed by atoms with Crippen LogP contribution in [0.3, 0.4) is 0 Å². The van der Waals surface area contributed by atoms with E-state index in [0.717, 1.165) is 17.7 Å². The molecule has 0 unspecified atom stereocenters. The van der Waals surface area contributed by atoms with Gasteiger partial charge in [-0.05, 0) is 31.5 Å². The molecule has 5 nitrogen and oxygen atoms in total. The molecule has 3 rings (SSSR count). The molecule has 1 aromatic carbocycles. The van der Waals surface area contributed by atoms with E-state index in [1.54, 1.807) is 18.2 Å². The number of esters is 1. The quantitative estimate of drug-likeness (QED) is 0.606. The zero-order chi connectivity index (χ0) is 18.1. The second kappa shape index (κ2) is 7.02. The van der Waals surface area contributed by atoms with Crippen LogP contribution in [0, 0.1) is 6.92 Å². The van der Waals surface area contributed by atoms with Crippen molar-refractivity contribution in [1.29, 1.82) is 0 Å². The zero-order valence-corrected chi connectivity index (χ0v) is 15.6. The molecule has 2 aromatic heterocycles. The Kier molecular flexibility index (Phi) is 4.97. The smallest absolute Gasteiger partial charge is 0.338 e. The molecule has 0 fully saturated rings. The van der Waals surface area contributed by atoms with E-state index in [9.17, 15) is 4.79 Å². The van der Waals surface area contributed by atoms with Gasteiger partial charge in [-0.3, -0.25) is 0 Å². The Labute approximate surface area is 155 Å². The maximum Gasteiger partial charge on any atom is 0.338 e. The number of methoxy groups -OCH3 is 1. The van der Waals surface area contributed by atoms with Crippen molar-refractivity contribution in [3.8, 4) is 11.3 Å². The van der Waals surface area contributed by atoms with Gasteiger partial charge >= 0.3 is 5.97 Å². The number of nitrogens with zero attached hydrogens (tertiary/aromatic N) is 3. The molecular formula is C18H17Cl2N3O2. The highest BCUT2D eigenvalue weighted by Gasteiger charge is 2.20. The van der Waals surface area contributed by atoms with Crippen molar-refractivity contribution < 1.29 is 9.53 Å². The molecule has 0 amide bonds. The molecule has 0 spiro atoms. The summed E-state index contributed by atoms with van der Waals surface area (Å²) < 4.78 is 6.77. The van der Waals surface area contributed by atoms with Crippen LogP contribution in [0.5, 0.6) is 0 Å². The van der Waals surface area contributed by atoms with Gasteiger partial charge in [-0.2, -0.15) is 5.10 Å². The van der Waals surface area contributed by atoms with Crippen molar-refractivity contribution >= 4 is 40.2 Å². The number of aromatic nitrogens is 3. The van der Waals surface area contributed by atoms with Crippen LogP contribution in [-0.4, -0.2) is 27.8 Å². The third kappa shape index (κ3) is 3.22. The van der Waals surface area contributed by atoms with Gasteiger partial charge < -0.3 is 4.74 Å². The third-order valence-corrected chi connectivity index (χ3v) is 4.67. The number of halogens is 2. The number of hydrogen-bond acceptors (Lipinski definition) is 4. The van der Waals surface area contributed by atoms with E-state index in [1.165, 1.54) is 7.11 Å². The van der Waals surface area contributed by atoms with Crippen LogP contribution >= 0.6 is 23.2 Å². The first-order chi connectivity index (χ1) is 12.0. The molecule has 3 aromatic rings. The zero-order valence-electron chi connectivity index (χ0n) is 14.1. The van der Waals surface area contributed by atoms with E-state index in [2.05, 4.69) is 12.0 Å². The molecule has 2 heterocycles. The number of aryl methyl sites for hydroxylation is 2. The summed E-state index contributed by atoms with van der Waals surface area (Å²) in [6.07, 6.45) is 0.905. The van der Waals surface area contributed by atoms with E-state index in [4.69, 9.17) is 32.9 Å². The van der Waals surface area contributed by atoms with Gasteiger partial charge in [-0.1, -0.05) is 36.2 Å². The van der Waals surface area contributed by atoms with Crippen LogP contribution in [0.15, 0.2) is 24.3 Å². The number of fused-ring (bicyclic) bond motifs is 1. The minimum absolute atomic E-state index is 0.423. The number of hydrogen-bond donors (Lipinski definition) is 0. The minimum atomic E-state index is -0.423. The predicted octanol–water partition coefficient (Wildman–Crippen LogP) is 4.91. The standard InChI is InChI=1S/C18H17Cl2N3O2/c1-4-7-23-17-16(10(2)22-23)12(18(24)25-3)9-15(21-17)11-5-6-13(19)14(20)8-11/h5-6,8-9H,4,7H2,1-3H3. The fourth-order valence-corrected chi connectivity index (χ4v) is 3.09. The summed E-state index contributed by atoms with van der Waals surface area (Å²) in [7, 11) is 1.36.